The summed E-state index contributed by atoms with van der Waals surface area (Å²) in [5, 5.41) is 0. The smallest absolute Gasteiger partial charge is 0.246 e. The van der Waals surface area contributed by atoms with E-state index < -0.39 is 0 Å². The molecule has 3 rings (SSSR count). The Morgan fingerprint density at radius 2 is 1.84 bits per heavy atom. The number of allylic oxidation sites excluding steroid dienone is 1. The van der Waals surface area contributed by atoms with E-state index in [0.29, 0.717) is 12.0 Å². The highest BCUT2D eigenvalue weighted by Crippen LogP contribution is 2.25. The summed E-state index contributed by atoms with van der Waals surface area (Å²) < 4.78 is 0. The Morgan fingerprint density at radius 1 is 1.16 bits per heavy atom. The molecule has 1 amide bonds. The summed E-state index contributed by atoms with van der Waals surface area (Å²) in [6.07, 6.45) is 16.3. The van der Waals surface area contributed by atoms with Crippen LogP contribution in [0, 0.1) is 5.92 Å². The van der Waals surface area contributed by atoms with E-state index in [9.17, 15) is 4.79 Å². The fourth-order valence-corrected chi connectivity index (χ4v) is 4.05. The summed E-state index contributed by atoms with van der Waals surface area (Å²) >= 11 is 0. The molecular formula is C21H31N3O. The second-order valence-corrected chi connectivity index (χ2v) is 7.57. The van der Waals surface area contributed by atoms with E-state index in [4.69, 9.17) is 0 Å². The second kappa shape index (κ2) is 9.14. The molecule has 0 bridgehead atoms. The number of pyridine rings is 1. The highest BCUT2D eigenvalue weighted by atomic mass is 16.2. The molecule has 2 heterocycles. The number of nitrogens with zero attached hydrogens (tertiary/aromatic N) is 3. The van der Waals surface area contributed by atoms with Gasteiger partial charge in [-0.15, -0.1) is 0 Å². The Balaban J connectivity index is 1.43. The number of carbonyl (C=O) groups excluding carboxylic acids is 1. The lowest BCUT2D eigenvalue weighted by Crippen LogP contribution is -2.44. The molecule has 0 atom stereocenters. The zero-order valence-corrected chi connectivity index (χ0v) is 15.4. The first-order valence-electron chi connectivity index (χ1n) is 9.78. The SMILES string of the molecule is CN(C(=O)C=CC1CCCCC1)C1CCN(Cc2ccncc2)CC1. The van der Waals surface area contributed by atoms with Crippen molar-refractivity contribution in [3.63, 3.8) is 0 Å². The van der Waals surface area contributed by atoms with Gasteiger partial charge in [0.1, 0.15) is 0 Å². The van der Waals surface area contributed by atoms with E-state index >= 15 is 0 Å². The molecule has 0 unspecified atom stereocenters. The molecule has 25 heavy (non-hydrogen) atoms. The molecule has 2 aliphatic rings. The molecule has 0 spiro atoms. The van der Waals surface area contributed by atoms with Gasteiger partial charge in [0, 0.05) is 45.1 Å². The summed E-state index contributed by atoms with van der Waals surface area (Å²) in [4.78, 5) is 21.0. The van der Waals surface area contributed by atoms with Crippen LogP contribution in [0.2, 0.25) is 0 Å². The van der Waals surface area contributed by atoms with Crippen LogP contribution in [-0.2, 0) is 11.3 Å². The van der Waals surface area contributed by atoms with Crippen molar-refractivity contribution in [1.82, 2.24) is 14.8 Å². The molecule has 0 N–H and O–H groups in total. The van der Waals surface area contributed by atoms with Crippen LogP contribution in [-0.4, -0.2) is 46.9 Å². The maximum atomic E-state index is 12.5. The van der Waals surface area contributed by atoms with Gasteiger partial charge in [0.05, 0.1) is 0 Å². The lowest BCUT2D eigenvalue weighted by atomic mass is 9.89. The molecule has 1 aromatic rings. The third-order valence-corrected chi connectivity index (χ3v) is 5.77. The van der Waals surface area contributed by atoms with Crippen LogP contribution in [0.1, 0.15) is 50.5 Å². The van der Waals surface area contributed by atoms with E-state index in [1.807, 2.05) is 30.4 Å². The lowest BCUT2D eigenvalue weighted by molar-refractivity contribution is -0.127. The van der Waals surface area contributed by atoms with Gasteiger partial charge >= 0.3 is 0 Å². The van der Waals surface area contributed by atoms with Crippen LogP contribution in [0.3, 0.4) is 0 Å². The van der Waals surface area contributed by atoms with Gasteiger partial charge < -0.3 is 4.90 Å². The topological polar surface area (TPSA) is 36.4 Å². The molecule has 1 aliphatic carbocycles. The number of rotatable bonds is 5. The number of carbonyl (C=O) groups is 1. The van der Waals surface area contributed by atoms with Gasteiger partial charge in [-0.3, -0.25) is 14.7 Å². The van der Waals surface area contributed by atoms with Crippen molar-refractivity contribution in [1.29, 1.82) is 0 Å². The van der Waals surface area contributed by atoms with Crippen LogP contribution < -0.4 is 0 Å². The van der Waals surface area contributed by atoms with E-state index in [-0.39, 0.29) is 5.91 Å². The predicted octanol–water partition coefficient (Wildman–Crippen LogP) is 3.64. The first-order valence-corrected chi connectivity index (χ1v) is 9.78. The highest BCUT2D eigenvalue weighted by Gasteiger charge is 2.24. The number of piperidine rings is 1. The quantitative estimate of drug-likeness (QED) is 0.767. The average molecular weight is 341 g/mol. The summed E-state index contributed by atoms with van der Waals surface area (Å²) in [6, 6.07) is 4.53. The van der Waals surface area contributed by atoms with Crippen LogP contribution in [0.25, 0.3) is 0 Å². The molecule has 1 aromatic heterocycles. The van der Waals surface area contributed by atoms with E-state index in [0.717, 1.165) is 32.5 Å². The summed E-state index contributed by atoms with van der Waals surface area (Å²) in [5.41, 5.74) is 1.31. The van der Waals surface area contributed by atoms with Crippen molar-refractivity contribution in [2.75, 3.05) is 20.1 Å². The van der Waals surface area contributed by atoms with Gasteiger partial charge in [0.25, 0.3) is 0 Å². The summed E-state index contributed by atoms with van der Waals surface area (Å²) in [5.74, 6) is 0.798. The van der Waals surface area contributed by atoms with Crippen molar-refractivity contribution in [3.8, 4) is 0 Å². The first kappa shape index (κ1) is 18.1. The number of amides is 1. The Kier molecular flexibility index (Phi) is 6.62. The minimum atomic E-state index is 0.179. The molecule has 136 valence electrons. The van der Waals surface area contributed by atoms with Crippen molar-refractivity contribution in [2.45, 2.75) is 57.5 Å². The number of aromatic nitrogens is 1. The van der Waals surface area contributed by atoms with Gasteiger partial charge in [0.15, 0.2) is 0 Å². The van der Waals surface area contributed by atoms with Crippen LogP contribution in [0.5, 0.6) is 0 Å². The molecule has 4 heteroatoms. The second-order valence-electron chi connectivity index (χ2n) is 7.57. The standard InChI is InChI=1S/C21H31N3O/c1-23(21(25)8-7-18-5-3-2-4-6-18)20-11-15-24(16-12-20)17-19-9-13-22-14-10-19/h7-10,13-14,18,20H,2-6,11-12,15-17H2,1H3. The monoisotopic (exact) mass is 341 g/mol. The molecular weight excluding hydrogens is 310 g/mol. The number of likely N-dealkylation sites (tertiary alicyclic amines) is 1. The molecule has 0 aromatic carbocycles. The lowest BCUT2D eigenvalue weighted by Gasteiger charge is -2.36. The van der Waals surface area contributed by atoms with Crippen molar-refractivity contribution >= 4 is 5.91 Å². The molecule has 1 aliphatic heterocycles. The van der Waals surface area contributed by atoms with E-state index in [1.165, 1.54) is 37.7 Å². The zero-order chi connectivity index (χ0) is 17.5. The van der Waals surface area contributed by atoms with Gasteiger partial charge in [-0.25, -0.2) is 0 Å². The maximum Gasteiger partial charge on any atom is 0.246 e. The van der Waals surface area contributed by atoms with Crippen molar-refractivity contribution in [2.24, 2.45) is 5.92 Å². The zero-order valence-electron chi connectivity index (χ0n) is 15.4. The van der Waals surface area contributed by atoms with Crippen LogP contribution >= 0.6 is 0 Å². The predicted molar refractivity (Wildman–Crippen MR) is 101 cm³/mol. The third-order valence-electron chi connectivity index (χ3n) is 5.77. The summed E-state index contributed by atoms with van der Waals surface area (Å²) in [6.45, 7) is 3.09. The number of likely N-dealkylation sites (N-methyl/N-ethyl adjacent to an activating group) is 1. The first-order chi connectivity index (χ1) is 12.2. The van der Waals surface area contributed by atoms with Gasteiger partial charge in [-0.2, -0.15) is 0 Å². The van der Waals surface area contributed by atoms with Gasteiger partial charge in [0.2, 0.25) is 5.91 Å². The maximum absolute atomic E-state index is 12.5. The van der Waals surface area contributed by atoms with Crippen molar-refractivity contribution < 1.29 is 4.79 Å². The molecule has 1 saturated carbocycles. The Morgan fingerprint density at radius 3 is 2.52 bits per heavy atom. The van der Waals surface area contributed by atoms with Crippen molar-refractivity contribution in [3.05, 3.63) is 42.2 Å². The Labute approximate surface area is 151 Å². The van der Waals surface area contributed by atoms with Crippen LogP contribution in [0.15, 0.2) is 36.7 Å². The largest absolute Gasteiger partial charge is 0.339 e. The third kappa shape index (κ3) is 5.40. The molecule has 4 nitrogen and oxygen atoms in total. The summed E-state index contributed by atoms with van der Waals surface area (Å²) in [7, 11) is 1.97. The highest BCUT2D eigenvalue weighted by molar-refractivity contribution is 5.87. The fraction of sp³-hybridized carbons (Fsp3) is 0.619. The van der Waals surface area contributed by atoms with E-state index in [2.05, 4.69) is 28.1 Å². The molecule has 0 radical (unpaired) electrons. The van der Waals surface area contributed by atoms with E-state index in [1.54, 1.807) is 0 Å². The minimum absolute atomic E-state index is 0.179. The average Bonchev–Trinajstić information content (AvgIpc) is 2.68. The Bertz CT molecular complexity index is 558. The number of hydrogen-bond donors (Lipinski definition) is 0. The normalized spacial score (nSPS) is 20.8. The van der Waals surface area contributed by atoms with Gasteiger partial charge in [-0.1, -0.05) is 25.3 Å². The van der Waals surface area contributed by atoms with Gasteiger partial charge in [-0.05, 0) is 55.4 Å². The number of hydrogen-bond acceptors (Lipinski definition) is 3. The fourth-order valence-electron chi connectivity index (χ4n) is 4.05. The Hall–Kier alpha value is -1.68. The molecule has 2 fully saturated rings. The molecule has 1 saturated heterocycles. The van der Waals surface area contributed by atoms with Crippen LogP contribution in [0.4, 0.5) is 0 Å². The minimum Gasteiger partial charge on any atom is -0.339 e.